The molecule has 1 aliphatic rings. The average Bonchev–Trinajstić information content (AvgIpc) is 2.50. The Bertz CT molecular complexity index is 389. The summed E-state index contributed by atoms with van der Waals surface area (Å²) in [5, 5.41) is 3.80. The van der Waals surface area contributed by atoms with E-state index in [1.54, 1.807) is 0 Å². The largest absolute Gasteiger partial charge is 0.308 e. The van der Waals surface area contributed by atoms with Crippen molar-refractivity contribution >= 4 is 0 Å². The van der Waals surface area contributed by atoms with Gasteiger partial charge in [0.25, 0.3) is 0 Å². The van der Waals surface area contributed by atoms with Gasteiger partial charge < -0.3 is 5.32 Å². The summed E-state index contributed by atoms with van der Waals surface area (Å²) in [6.45, 7) is 9.89. The molecule has 2 rings (SSSR count). The van der Waals surface area contributed by atoms with E-state index in [9.17, 15) is 0 Å². The lowest BCUT2D eigenvalue weighted by atomic mass is 9.87. The van der Waals surface area contributed by atoms with Crippen molar-refractivity contribution in [1.82, 2.24) is 20.2 Å². The van der Waals surface area contributed by atoms with Crippen LogP contribution in [0.4, 0.5) is 0 Å². The Kier molecular flexibility index (Phi) is 5.49. The molecule has 0 bridgehead atoms. The van der Waals surface area contributed by atoms with E-state index in [4.69, 9.17) is 0 Å². The predicted molar refractivity (Wildman–Crippen MR) is 82.5 cm³/mol. The summed E-state index contributed by atoms with van der Waals surface area (Å²) in [5.41, 5.74) is 0.263. The molecule has 0 saturated carbocycles. The molecule has 1 atom stereocenters. The molecule has 0 aliphatic carbocycles. The summed E-state index contributed by atoms with van der Waals surface area (Å²) in [6.07, 6.45) is 8.49. The van der Waals surface area contributed by atoms with Crippen molar-refractivity contribution in [2.75, 3.05) is 13.1 Å². The van der Waals surface area contributed by atoms with Crippen LogP contribution in [0.5, 0.6) is 0 Å². The highest BCUT2D eigenvalue weighted by Crippen LogP contribution is 2.25. The van der Waals surface area contributed by atoms with E-state index < -0.39 is 0 Å². The van der Waals surface area contributed by atoms with Gasteiger partial charge in [0.1, 0.15) is 5.82 Å². The minimum Gasteiger partial charge on any atom is -0.308 e. The van der Waals surface area contributed by atoms with Crippen LogP contribution in [0.25, 0.3) is 0 Å². The summed E-state index contributed by atoms with van der Waals surface area (Å²) in [4.78, 5) is 11.4. The number of nitrogens with zero attached hydrogens (tertiary/aromatic N) is 3. The van der Waals surface area contributed by atoms with Gasteiger partial charge in [-0.25, -0.2) is 9.97 Å². The minimum atomic E-state index is 0.263. The van der Waals surface area contributed by atoms with E-state index in [0.717, 1.165) is 25.5 Å². The van der Waals surface area contributed by atoms with Crippen molar-refractivity contribution in [2.24, 2.45) is 0 Å². The summed E-state index contributed by atoms with van der Waals surface area (Å²) in [5.74, 6) is 0.941. The van der Waals surface area contributed by atoms with Gasteiger partial charge in [0.2, 0.25) is 0 Å². The standard InChI is InChI=1S/C16H28N4/c1-4-8-14-11-19-16(5-2,6-3)13-20(14)12-15-17-9-7-10-18-15/h7,9-10,14,19H,4-6,8,11-13H2,1-3H3. The third-order valence-electron chi connectivity index (χ3n) is 4.67. The SMILES string of the molecule is CCCC1CNC(CC)(CC)CN1Cc1ncccn1. The number of piperazine rings is 1. The third kappa shape index (κ3) is 3.55. The van der Waals surface area contributed by atoms with Crippen LogP contribution < -0.4 is 5.32 Å². The average molecular weight is 276 g/mol. The molecule has 1 saturated heterocycles. The van der Waals surface area contributed by atoms with E-state index in [1.165, 1.54) is 25.7 Å². The molecule has 20 heavy (non-hydrogen) atoms. The van der Waals surface area contributed by atoms with Crippen LogP contribution >= 0.6 is 0 Å². The molecule has 1 aliphatic heterocycles. The second kappa shape index (κ2) is 7.14. The quantitative estimate of drug-likeness (QED) is 0.867. The zero-order valence-corrected chi connectivity index (χ0v) is 13.1. The zero-order valence-electron chi connectivity index (χ0n) is 13.1. The fraction of sp³-hybridized carbons (Fsp3) is 0.750. The van der Waals surface area contributed by atoms with Gasteiger partial charge in [0.15, 0.2) is 0 Å². The van der Waals surface area contributed by atoms with Crippen LogP contribution in [-0.4, -0.2) is 39.5 Å². The van der Waals surface area contributed by atoms with Gasteiger partial charge in [-0.15, -0.1) is 0 Å². The minimum absolute atomic E-state index is 0.263. The summed E-state index contributed by atoms with van der Waals surface area (Å²) < 4.78 is 0. The Morgan fingerprint density at radius 2 is 1.95 bits per heavy atom. The molecule has 1 N–H and O–H groups in total. The van der Waals surface area contributed by atoms with E-state index in [0.29, 0.717) is 6.04 Å². The Balaban J connectivity index is 2.10. The lowest BCUT2D eigenvalue weighted by Gasteiger charge is -2.47. The summed E-state index contributed by atoms with van der Waals surface area (Å²) in [6, 6.07) is 2.49. The van der Waals surface area contributed by atoms with Crippen molar-refractivity contribution in [2.45, 2.75) is 64.6 Å². The van der Waals surface area contributed by atoms with Crippen molar-refractivity contribution in [3.63, 3.8) is 0 Å². The number of hydrogen-bond acceptors (Lipinski definition) is 4. The Morgan fingerprint density at radius 1 is 1.25 bits per heavy atom. The van der Waals surface area contributed by atoms with Crippen LogP contribution in [0, 0.1) is 0 Å². The number of nitrogens with one attached hydrogen (secondary N) is 1. The maximum atomic E-state index is 4.39. The fourth-order valence-electron chi connectivity index (χ4n) is 3.16. The van der Waals surface area contributed by atoms with Gasteiger partial charge in [0.05, 0.1) is 6.54 Å². The summed E-state index contributed by atoms with van der Waals surface area (Å²) >= 11 is 0. The number of hydrogen-bond donors (Lipinski definition) is 1. The first-order chi connectivity index (χ1) is 9.73. The van der Waals surface area contributed by atoms with Crippen LogP contribution in [0.3, 0.4) is 0 Å². The van der Waals surface area contributed by atoms with Crippen molar-refractivity contribution in [1.29, 1.82) is 0 Å². The second-order valence-corrected chi connectivity index (χ2v) is 5.88. The third-order valence-corrected chi connectivity index (χ3v) is 4.67. The van der Waals surface area contributed by atoms with Crippen LogP contribution in [-0.2, 0) is 6.54 Å². The summed E-state index contributed by atoms with van der Waals surface area (Å²) in [7, 11) is 0. The van der Waals surface area contributed by atoms with Gasteiger partial charge in [-0.1, -0.05) is 27.2 Å². The molecular weight excluding hydrogens is 248 g/mol. The highest BCUT2D eigenvalue weighted by atomic mass is 15.3. The molecule has 1 unspecified atom stereocenters. The van der Waals surface area contributed by atoms with E-state index in [-0.39, 0.29) is 5.54 Å². The predicted octanol–water partition coefficient (Wildman–Crippen LogP) is 2.61. The lowest BCUT2D eigenvalue weighted by molar-refractivity contribution is 0.0596. The Hall–Kier alpha value is -1.00. The Morgan fingerprint density at radius 3 is 2.55 bits per heavy atom. The van der Waals surface area contributed by atoms with Gasteiger partial charge in [-0.2, -0.15) is 0 Å². The molecule has 2 heterocycles. The van der Waals surface area contributed by atoms with Gasteiger partial charge in [-0.05, 0) is 25.3 Å². The zero-order chi connectivity index (χ0) is 14.4. The number of rotatable bonds is 6. The molecule has 112 valence electrons. The first-order valence-electron chi connectivity index (χ1n) is 7.98. The topological polar surface area (TPSA) is 41.0 Å². The van der Waals surface area contributed by atoms with Crippen LogP contribution in [0.2, 0.25) is 0 Å². The van der Waals surface area contributed by atoms with Crippen molar-refractivity contribution in [3.05, 3.63) is 24.3 Å². The van der Waals surface area contributed by atoms with E-state index in [1.807, 2.05) is 18.5 Å². The smallest absolute Gasteiger partial charge is 0.142 e. The Labute approximate surface area is 123 Å². The molecule has 0 amide bonds. The molecule has 4 nitrogen and oxygen atoms in total. The maximum Gasteiger partial charge on any atom is 0.142 e. The molecule has 1 aromatic heterocycles. The molecule has 1 aromatic rings. The number of aromatic nitrogens is 2. The molecule has 1 fully saturated rings. The molecule has 0 spiro atoms. The fourth-order valence-corrected chi connectivity index (χ4v) is 3.16. The highest BCUT2D eigenvalue weighted by Gasteiger charge is 2.36. The monoisotopic (exact) mass is 276 g/mol. The molecular formula is C16H28N4. The van der Waals surface area contributed by atoms with E-state index in [2.05, 4.69) is 41.0 Å². The second-order valence-electron chi connectivity index (χ2n) is 5.88. The van der Waals surface area contributed by atoms with Gasteiger partial charge in [-0.3, -0.25) is 4.90 Å². The maximum absolute atomic E-state index is 4.39. The molecule has 4 heteroatoms. The molecule has 0 aromatic carbocycles. The van der Waals surface area contributed by atoms with Gasteiger partial charge >= 0.3 is 0 Å². The van der Waals surface area contributed by atoms with Crippen molar-refractivity contribution in [3.8, 4) is 0 Å². The highest BCUT2D eigenvalue weighted by molar-refractivity contribution is 4.99. The van der Waals surface area contributed by atoms with Gasteiger partial charge in [0, 0.05) is 37.1 Å². The lowest BCUT2D eigenvalue weighted by Crippen LogP contribution is -2.63. The van der Waals surface area contributed by atoms with E-state index >= 15 is 0 Å². The molecule has 0 radical (unpaired) electrons. The van der Waals surface area contributed by atoms with Crippen LogP contribution in [0.1, 0.15) is 52.3 Å². The first-order valence-corrected chi connectivity index (χ1v) is 7.98. The van der Waals surface area contributed by atoms with Crippen LogP contribution in [0.15, 0.2) is 18.5 Å². The normalized spacial score (nSPS) is 22.9. The first kappa shape index (κ1) is 15.4. The van der Waals surface area contributed by atoms with Crippen molar-refractivity contribution < 1.29 is 0 Å².